The topological polar surface area (TPSA) is 139 Å². The first-order valence-electron chi connectivity index (χ1n) is 17.6. The van der Waals surface area contributed by atoms with Crippen LogP contribution in [0.5, 0.6) is 0 Å². The monoisotopic (exact) mass is 1150 g/mol. The molecule has 0 saturated heterocycles. The van der Waals surface area contributed by atoms with Crippen LogP contribution in [0.15, 0.2) is 176 Å². The third-order valence-corrected chi connectivity index (χ3v) is 9.46. The van der Waals surface area contributed by atoms with E-state index in [1.165, 1.54) is 27.6 Å². The Bertz CT molecular complexity index is 2790. The van der Waals surface area contributed by atoms with Gasteiger partial charge in [-0.25, -0.2) is 19.6 Å². The van der Waals surface area contributed by atoms with Crippen molar-refractivity contribution >= 4 is 66.1 Å². The number of para-hydroxylation sites is 3. The van der Waals surface area contributed by atoms with Crippen LogP contribution in [0.2, 0.25) is 0 Å². The second-order valence-corrected chi connectivity index (χ2v) is 13.2. The van der Waals surface area contributed by atoms with Crippen LogP contribution in [-0.4, -0.2) is 47.1 Å². The van der Waals surface area contributed by atoms with Gasteiger partial charge in [0, 0.05) is 85.0 Å². The maximum Gasteiger partial charge on any atom is 0.354 e. The van der Waals surface area contributed by atoms with Crippen molar-refractivity contribution in [1.29, 1.82) is 0 Å². The third kappa shape index (κ3) is 11.6. The molecule has 4 aromatic heterocycles. The van der Waals surface area contributed by atoms with Gasteiger partial charge < -0.3 is 15.2 Å². The number of carboxylic acids is 2. The van der Waals surface area contributed by atoms with Crippen molar-refractivity contribution in [3.8, 4) is 21.8 Å². The quantitative estimate of drug-likeness (QED) is 0.165. The molecule has 294 valence electrons. The summed E-state index contributed by atoms with van der Waals surface area (Å²) in [5.41, 5.74) is 5.55. The third-order valence-electron chi connectivity index (χ3n) is 8.39. The maximum absolute atomic E-state index is 10.6. The molecule has 0 saturated carbocycles. The second-order valence-electron chi connectivity index (χ2n) is 12.2. The predicted molar refractivity (Wildman–Crippen MR) is 225 cm³/mol. The first-order valence-corrected chi connectivity index (χ1v) is 18.4. The number of fused-ring (bicyclic) bond motifs is 4. The van der Waals surface area contributed by atoms with E-state index in [4.69, 9.17) is 10.2 Å². The first kappa shape index (κ1) is 43.7. The number of hydrogen-bond acceptors (Lipinski definition) is 8. The maximum atomic E-state index is 10.6. The zero-order valence-corrected chi connectivity index (χ0v) is 36.4. The molecule has 0 atom stereocenters. The predicted octanol–water partition coefficient (Wildman–Crippen LogP) is 10.7. The molecule has 0 aliphatic carbocycles. The van der Waals surface area contributed by atoms with Gasteiger partial charge in [-0.15, -0.1) is 65.0 Å². The Morgan fingerprint density at radius 2 is 1.08 bits per heavy atom. The Hall–Kier alpha value is -6.39. The summed E-state index contributed by atoms with van der Waals surface area (Å²) in [6, 6.07) is 56.3. The number of aromatic nitrogens is 5. The molecule has 0 spiro atoms. The van der Waals surface area contributed by atoms with Gasteiger partial charge in [-0.2, -0.15) is 11.3 Å². The summed E-state index contributed by atoms with van der Waals surface area (Å²) >= 11 is 1.72. The van der Waals surface area contributed by atoms with Crippen molar-refractivity contribution in [2.75, 3.05) is 0 Å². The summed E-state index contributed by atoms with van der Waals surface area (Å²) in [6.07, 6.45) is 5.06. The van der Waals surface area contributed by atoms with Gasteiger partial charge in [-0.05, 0) is 36.4 Å². The van der Waals surface area contributed by atoms with E-state index in [0.29, 0.717) is 11.0 Å². The molecule has 10 aromatic rings. The van der Waals surface area contributed by atoms with Gasteiger partial charge in [0.2, 0.25) is 0 Å². The Labute approximate surface area is 370 Å². The van der Waals surface area contributed by atoms with Gasteiger partial charge >= 0.3 is 11.9 Å². The smallest absolute Gasteiger partial charge is 0.354 e. The van der Waals surface area contributed by atoms with Gasteiger partial charge in [0.15, 0.2) is 0 Å². The molecule has 59 heavy (non-hydrogen) atoms. The fourth-order valence-corrected chi connectivity index (χ4v) is 6.54. The van der Waals surface area contributed by atoms with Crippen molar-refractivity contribution in [2.45, 2.75) is 0 Å². The summed E-state index contributed by atoms with van der Waals surface area (Å²) in [7, 11) is 0. The van der Waals surface area contributed by atoms with Gasteiger partial charge in [0.1, 0.15) is 11.4 Å². The molecule has 10 rings (SSSR count). The molecular formula is C47H31Ir2N5O4S-2. The number of hydrogen-bond donors (Lipinski definition) is 2. The van der Waals surface area contributed by atoms with E-state index < -0.39 is 11.9 Å². The normalized spacial score (nSPS) is 10.0. The van der Waals surface area contributed by atoms with E-state index in [2.05, 4.69) is 73.5 Å². The van der Waals surface area contributed by atoms with E-state index in [1.54, 1.807) is 54.2 Å². The average Bonchev–Trinajstić information content (AvgIpc) is 3.72. The van der Waals surface area contributed by atoms with Crippen LogP contribution >= 0.6 is 11.3 Å². The van der Waals surface area contributed by atoms with Crippen molar-refractivity contribution in [3.05, 3.63) is 200 Å². The summed E-state index contributed by atoms with van der Waals surface area (Å²) in [5, 5.41) is 22.7. The second kappa shape index (κ2) is 21.4. The van der Waals surface area contributed by atoms with Crippen LogP contribution in [0.1, 0.15) is 21.0 Å². The standard InChI is InChI=1S/C17H10NS.C10H7N2.2C10H7NO2.2Ir/c1-2-6-13-11-14(10-9-12(13)5-1)17-18-15-7-3-4-8-16(15)19-17;1-2-4-9(5-3-1)10-8-11-6-7-12-10;2*12-10(13)9-6-5-7-3-1-2-4-8(7)11-9;;/h1-9,11H;1-4,6-8H;2*1-6H,(H,12,13);;/q2*-1;;;;. The summed E-state index contributed by atoms with van der Waals surface area (Å²) in [5.74, 6) is -1.99. The Morgan fingerprint density at radius 3 is 1.64 bits per heavy atom. The number of pyridine rings is 2. The van der Waals surface area contributed by atoms with Crippen LogP contribution < -0.4 is 0 Å². The van der Waals surface area contributed by atoms with E-state index >= 15 is 0 Å². The van der Waals surface area contributed by atoms with E-state index in [-0.39, 0.29) is 51.6 Å². The minimum atomic E-state index is -0.995. The summed E-state index contributed by atoms with van der Waals surface area (Å²) < 4.78 is 1.22. The fourth-order valence-electron chi connectivity index (χ4n) is 5.60. The van der Waals surface area contributed by atoms with E-state index in [1.807, 2.05) is 84.9 Å². The van der Waals surface area contributed by atoms with E-state index in [9.17, 15) is 9.59 Å². The molecule has 0 aliphatic rings. The molecule has 0 bridgehead atoms. The molecule has 12 heteroatoms. The molecule has 4 heterocycles. The molecular weight excluding hydrogens is 1120 g/mol. The van der Waals surface area contributed by atoms with Gasteiger partial charge in [-0.1, -0.05) is 90.3 Å². The van der Waals surface area contributed by atoms with Crippen molar-refractivity contribution in [1.82, 2.24) is 24.9 Å². The average molecular weight is 1150 g/mol. The van der Waals surface area contributed by atoms with Gasteiger partial charge in [0.05, 0.1) is 16.6 Å². The summed E-state index contributed by atoms with van der Waals surface area (Å²) in [6.45, 7) is 0. The first-order chi connectivity index (χ1) is 27.9. The number of carboxylic acid groups (broad SMARTS) is 2. The summed E-state index contributed by atoms with van der Waals surface area (Å²) in [4.78, 5) is 41.9. The molecule has 6 aromatic carbocycles. The molecule has 0 fully saturated rings. The van der Waals surface area contributed by atoms with Crippen molar-refractivity contribution < 1.29 is 60.0 Å². The number of carbonyl (C=O) groups is 2. The molecule has 0 unspecified atom stereocenters. The largest absolute Gasteiger partial charge is 0.477 e. The number of thiazole rings is 1. The Balaban J connectivity index is 0.000000151. The molecule has 2 radical (unpaired) electrons. The van der Waals surface area contributed by atoms with Crippen LogP contribution in [0.4, 0.5) is 0 Å². The number of aromatic carboxylic acids is 2. The molecule has 0 aliphatic heterocycles. The van der Waals surface area contributed by atoms with Gasteiger partial charge in [-0.3, -0.25) is 9.97 Å². The number of nitrogens with zero attached hydrogens (tertiary/aromatic N) is 5. The Kier molecular flexibility index (Phi) is 15.9. The molecule has 2 N–H and O–H groups in total. The fraction of sp³-hybridized carbons (Fsp3) is 0. The number of benzene rings is 6. The minimum absolute atomic E-state index is 0. The molecule has 0 amide bonds. The van der Waals surface area contributed by atoms with Crippen molar-refractivity contribution in [2.24, 2.45) is 0 Å². The van der Waals surface area contributed by atoms with Gasteiger partial charge in [0.25, 0.3) is 0 Å². The Morgan fingerprint density at radius 1 is 0.525 bits per heavy atom. The van der Waals surface area contributed by atoms with Crippen LogP contribution in [0.25, 0.3) is 64.6 Å². The van der Waals surface area contributed by atoms with E-state index in [0.717, 1.165) is 38.1 Å². The molecule has 9 nitrogen and oxygen atoms in total. The minimum Gasteiger partial charge on any atom is -0.477 e. The van der Waals surface area contributed by atoms with Crippen LogP contribution in [0.3, 0.4) is 0 Å². The van der Waals surface area contributed by atoms with Crippen molar-refractivity contribution in [3.63, 3.8) is 0 Å². The zero-order chi connectivity index (χ0) is 39.4. The van der Waals surface area contributed by atoms with Crippen LogP contribution in [-0.2, 0) is 40.2 Å². The SMILES string of the molecule is O=C(O)c1ccc2ccccc2n1.O=C(O)c1ccc2ccccc2n1.[Ir].[Ir].[c-]1cc2ccccc2cc1-c1nc2ccccc2s1.[c-]1ccccc1-c1cnccn1. The zero-order valence-electron chi connectivity index (χ0n) is 30.8. The number of rotatable bonds is 4. The van der Waals surface area contributed by atoms with Crippen LogP contribution in [0, 0.1) is 12.1 Å².